The predicted octanol–water partition coefficient (Wildman–Crippen LogP) is 2.15. The number of ether oxygens (including phenoxy) is 1. The predicted molar refractivity (Wildman–Crippen MR) is 104 cm³/mol. The number of nitrogens with one attached hydrogen (secondary N) is 3. The Morgan fingerprint density at radius 3 is 2.33 bits per heavy atom. The normalized spacial score (nSPS) is 22.8. The largest absolute Gasteiger partial charge is 0.378 e. The Hall–Kier alpha value is -2.28. The Morgan fingerprint density at radius 2 is 1.67 bits per heavy atom. The third-order valence-electron chi connectivity index (χ3n) is 5.26. The van der Waals surface area contributed by atoms with Crippen LogP contribution in [0.1, 0.15) is 36.8 Å². The molecule has 2 fully saturated rings. The van der Waals surface area contributed by atoms with Crippen LogP contribution < -0.4 is 16.0 Å². The van der Waals surface area contributed by atoms with Crippen LogP contribution in [0.15, 0.2) is 24.3 Å². The molecular weight excluding hydrogens is 344 g/mol. The van der Waals surface area contributed by atoms with Gasteiger partial charge in [-0.25, -0.2) is 9.59 Å². The van der Waals surface area contributed by atoms with Crippen molar-refractivity contribution in [2.75, 3.05) is 26.3 Å². The third-order valence-corrected chi connectivity index (χ3v) is 5.26. The van der Waals surface area contributed by atoms with Gasteiger partial charge in [0.2, 0.25) is 0 Å². The Balaban J connectivity index is 1.48. The number of benzene rings is 1. The van der Waals surface area contributed by atoms with Crippen molar-refractivity contribution in [3.8, 4) is 0 Å². The van der Waals surface area contributed by atoms with E-state index in [1.807, 2.05) is 31.2 Å². The van der Waals surface area contributed by atoms with Crippen molar-refractivity contribution >= 4 is 12.1 Å². The molecule has 3 N–H and O–H groups in total. The molecule has 0 bridgehead atoms. The van der Waals surface area contributed by atoms with Gasteiger partial charge >= 0.3 is 12.1 Å². The third kappa shape index (κ3) is 5.85. The van der Waals surface area contributed by atoms with Crippen LogP contribution in [0.2, 0.25) is 0 Å². The van der Waals surface area contributed by atoms with Gasteiger partial charge in [-0.15, -0.1) is 0 Å². The molecule has 2 aliphatic rings. The van der Waals surface area contributed by atoms with Gasteiger partial charge in [-0.2, -0.15) is 0 Å². The van der Waals surface area contributed by atoms with E-state index in [0.29, 0.717) is 32.8 Å². The molecule has 1 saturated heterocycles. The summed E-state index contributed by atoms with van der Waals surface area (Å²) < 4.78 is 5.30. The lowest BCUT2D eigenvalue weighted by molar-refractivity contribution is 0.0517. The molecule has 2 atom stereocenters. The number of hydrogen-bond donors (Lipinski definition) is 3. The number of morpholine rings is 1. The second-order valence-corrected chi connectivity index (χ2v) is 7.36. The van der Waals surface area contributed by atoms with E-state index in [9.17, 15) is 9.59 Å². The molecule has 0 aromatic heterocycles. The zero-order valence-corrected chi connectivity index (χ0v) is 16.0. The Labute approximate surface area is 160 Å². The first-order valence-corrected chi connectivity index (χ1v) is 9.85. The summed E-state index contributed by atoms with van der Waals surface area (Å²) in [6.07, 6.45) is 3.90. The highest BCUT2D eigenvalue weighted by Crippen LogP contribution is 2.19. The highest BCUT2D eigenvalue weighted by Gasteiger charge is 2.29. The number of aryl methyl sites for hydroxylation is 1. The van der Waals surface area contributed by atoms with Crippen LogP contribution in [0.5, 0.6) is 0 Å². The summed E-state index contributed by atoms with van der Waals surface area (Å²) in [4.78, 5) is 26.6. The topological polar surface area (TPSA) is 82.7 Å². The van der Waals surface area contributed by atoms with Gasteiger partial charge in [-0.3, -0.25) is 0 Å². The van der Waals surface area contributed by atoms with Gasteiger partial charge in [0.25, 0.3) is 0 Å². The minimum Gasteiger partial charge on any atom is -0.378 e. The van der Waals surface area contributed by atoms with Gasteiger partial charge in [-0.05, 0) is 25.3 Å². The Bertz CT molecular complexity index is 629. The molecule has 0 radical (unpaired) electrons. The number of amides is 4. The van der Waals surface area contributed by atoms with Crippen LogP contribution in [-0.2, 0) is 11.3 Å². The van der Waals surface area contributed by atoms with Gasteiger partial charge in [0.1, 0.15) is 0 Å². The molecule has 1 saturated carbocycles. The summed E-state index contributed by atoms with van der Waals surface area (Å²) >= 11 is 0. The van der Waals surface area contributed by atoms with Crippen molar-refractivity contribution < 1.29 is 14.3 Å². The Kier molecular flexibility index (Phi) is 6.92. The Morgan fingerprint density at radius 1 is 1.04 bits per heavy atom. The summed E-state index contributed by atoms with van der Waals surface area (Å²) in [5.74, 6) is 0. The van der Waals surface area contributed by atoms with Crippen molar-refractivity contribution in [3.63, 3.8) is 0 Å². The molecule has 1 aromatic rings. The molecule has 1 aliphatic carbocycles. The first-order valence-electron chi connectivity index (χ1n) is 9.85. The van der Waals surface area contributed by atoms with Gasteiger partial charge < -0.3 is 25.6 Å². The zero-order valence-electron chi connectivity index (χ0n) is 16.0. The molecule has 2 unspecified atom stereocenters. The van der Waals surface area contributed by atoms with Crippen molar-refractivity contribution in [2.24, 2.45) is 0 Å². The number of urea groups is 2. The average Bonchev–Trinajstić information content (AvgIpc) is 2.70. The van der Waals surface area contributed by atoms with Crippen LogP contribution in [0.3, 0.4) is 0 Å². The van der Waals surface area contributed by atoms with E-state index in [1.165, 1.54) is 5.56 Å². The lowest BCUT2D eigenvalue weighted by atomic mass is 9.90. The molecule has 4 amide bonds. The smallest absolute Gasteiger partial charge is 0.317 e. The van der Waals surface area contributed by atoms with E-state index in [-0.39, 0.29) is 24.1 Å². The fourth-order valence-electron chi connectivity index (χ4n) is 3.60. The number of rotatable bonds is 4. The van der Waals surface area contributed by atoms with E-state index in [2.05, 4.69) is 16.0 Å². The molecule has 1 aliphatic heterocycles. The van der Waals surface area contributed by atoms with E-state index in [0.717, 1.165) is 31.2 Å². The molecule has 148 valence electrons. The van der Waals surface area contributed by atoms with Crippen molar-refractivity contribution in [1.29, 1.82) is 0 Å². The van der Waals surface area contributed by atoms with Crippen molar-refractivity contribution in [2.45, 2.75) is 51.2 Å². The van der Waals surface area contributed by atoms with E-state index in [4.69, 9.17) is 4.74 Å². The van der Waals surface area contributed by atoms with Crippen molar-refractivity contribution in [3.05, 3.63) is 35.4 Å². The molecular formula is C20H30N4O3. The summed E-state index contributed by atoms with van der Waals surface area (Å²) in [5.41, 5.74) is 2.26. The number of hydrogen-bond acceptors (Lipinski definition) is 3. The van der Waals surface area contributed by atoms with Gasteiger partial charge in [-0.1, -0.05) is 42.7 Å². The van der Waals surface area contributed by atoms with Gasteiger partial charge in [0, 0.05) is 19.6 Å². The summed E-state index contributed by atoms with van der Waals surface area (Å²) in [6.45, 7) is 4.94. The fourth-order valence-corrected chi connectivity index (χ4v) is 3.60. The molecule has 1 aromatic carbocycles. The summed E-state index contributed by atoms with van der Waals surface area (Å²) in [5, 5.41) is 9.08. The number of nitrogens with zero attached hydrogens (tertiary/aromatic N) is 1. The quantitative estimate of drug-likeness (QED) is 0.755. The maximum atomic E-state index is 12.5. The molecule has 0 spiro atoms. The maximum Gasteiger partial charge on any atom is 0.317 e. The van der Waals surface area contributed by atoms with E-state index < -0.39 is 0 Å². The summed E-state index contributed by atoms with van der Waals surface area (Å²) in [6, 6.07) is 7.79. The van der Waals surface area contributed by atoms with Crippen LogP contribution in [-0.4, -0.2) is 55.3 Å². The number of carbonyl (C=O) groups excluding carboxylic acids is 2. The molecule has 3 rings (SSSR count). The molecule has 7 heteroatoms. The molecule has 1 heterocycles. The molecule has 27 heavy (non-hydrogen) atoms. The van der Waals surface area contributed by atoms with Gasteiger partial charge in [0.15, 0.2) is 0 Å². The number of carbonyl (C=O) groups is 2. The molecule has 7 nitrogen and oxygen atoms in total. The van der Waals surface area contributed by atoms with E-state index in [1.54, 1.807) is 4.90 Å². The zero-order chi connectivity index (χ0) is 19.1. The maximum absolute atomic E-state index is 12.5. The minimum absolute atomic E-state index is 0.0285. The highest BCUT2D eigenvalue weighted by atomic mass is 16.5. The lowest BCUT2D eigenvalue weighted by Crippen LogP contribution is -2.58. The van der Waals surface area contributed by atoms with Crippen LogP contribution in [0.4, 0.5) is 9.59 Å². The average molecular weight is 374 g/mol. The van der Waals surface area contributed by atoms with Crippen LogP contribution in [0, 0.1) is 6.92 Å². The van der Waals surface area contributed by atoms with Crippen LogP contribution in [0.25, 0.3) is 0 Å². The summed E-state index contributed by atoms with van der Waals surface area (Å²) in [7, 11) is 0. The standard InChI is InChI=1S/C20H30N4O3/c1-15-6-8-16(9-7-15)14-21-19(25)22-17-4-2-3-5-18(17)23-20(26)24-10-12-27-13-11-24/h6-9,17-18H,2-5,10-14H2,1H3,(H,23,26)(H2,21,22,25). The fraction of sp³-hybridized carbons (Fsp3) is 0.600. The lowest BCUT2D eigenvalue weighted by Gasteiger charge is -2.35. The SMILES string of the molecule is Cc1ccc(CNC(=O)NC2CCCCC2NC(=O)N2CCOCC2)cc1. The second kappa shape index (κ2) is 9.60. The van der Waals surface area contributed by atoms with Crippen molar-refractivity contribution in [1.82, 2.24) is 20.9 Å². The first kappa shape index (κ1) is 19.5. The second-order valence-electron chi connectivity index (χ2n) is 7.36. The van der Waals surface area contributed by atoms with Gasteiger partial charge in [0.05, 0.1) is 25.3 Å². The van der Waals surface area contributed by atoms with E-state index >= 15 is 0 Å². The minimum atomic E-state index is -0.187. The van der Waals surface area contributed by atoms with Crippen LogP contribution >= 0.6 is 0 Å². The first-order chi connectivity index (χ1) is 13.1. The monoisotopic (exact) mass is 374 g/mol. The highest BCUT2D eigenvalue weighted by molar-refractivity contribution is 5.76.